The highest BCUT2D eigenvalue weighted by molar-refractivity contribution is 5.05. The largest absolute Gasteiger partial charge is 0.328 e. The molecule has 0 saturated heterocycles. The molecule has 1 fully saturated rings. The third-order valence-electron chi connectivity index (χ3n) is 3.55. The average molecular weight is 225 g/mol. The maximum atomic E-state index is 14.4. The van der Waals surface area contributed by atoms with E-state index in [2.05, 4.69) is 5.10 Å². The zero-order valence-electron chi connectivity index (χ0n) is 9.82. The van der Waals surface area contributed by atoms with Gasteiger partial charge >= 0.3 is 0 Å². The maximum Gasteiger partial charge on any atom is 0.111 e. The summed E-state index contributed by atoms with van der Waals surface area (Å²) in [5.41, 5.74) is 5.91. The van der Waals surface area contributed by atoms with Crippen LogP contribution in [0.25, 0.3) is 0 Å². The van der Waals surface area contributed by atoms with Gasteiger partial charge in [0.05, 0.1) is 6.20 Å². The van der Waals surface area contributed by atoms with E-state index >= 15 is 0 Å². The summed E-state index contributed by atoms with van der Waals surface area (Å²) in [5.74, 6) is 0. The third-order valence-corrected chi connectivity index (χ3v) is 3.55. The first-order chi connectivity index (χ1) is 7.57. The minimum Gasteiger partial charge on any atom is -0.328 e. The van der Waals surface area contributed by atoms with Crippen molar-refractivity contribution in [1.29, 1.82) is 0 Å². The van der Waals surface area contributed by atoms with Crippen molar-refractivity contribution < 1.29 is 4.39 Å². The summed E-state index contributed by atoms with van der Waals surface area (Å²) in [7, 11) is 1.88. The molecule has 1 aliphatic carbocycles. The fourth-order valence-electron chi connectivity index (χ4n) is 2.38. The van der Waals surface area contributed by atoms with E-state index in [4.69, 9.17) is 5.73 Å². The summed E-state index contributed by atoms with van der Waals surface area (Å²) in [5, 5.41) is 4.09. The molecule has 0 bridgehead atoms. The maximum absolute atomic E-state index is 14.4. The Morgan fingerprint density at radius 2 is 2.25 bits per heavy atom. The molecule has 16 heavy (non-hydrogen) atoms. The molecule has 4 heteroatoms. The number of nitrogens with two attached hydrogens (primary N) is 1. The van der Waals surface area contributed by atoms with Crippen molar-refractivity contribution in [3.8, 4) is 0 Å². The molecule has 0 amide bonds. The van der Waals surface area contributed by atoms with Gasteiger partial charge in [-0.25, -0.2) is 4.39 Å². The Bertz CT molecular complexity index is 340. The van der Waals surface area contributed by atoms with E-state index in [1.807, 2.05) is 19.4 Å². The lowest BCUT2D eigenvalue weighted by molar-refractivity contribution is 0.0894. The highest BCUT2D eigenvalue weighted by atomic mass is 19.1. The zero-order valence-corrected chi connectivity index (χ0v) is 9.82. The number of nitrogens with zero attached hydrogens (tertiary/aromatic N) is 2. The van der Waals surface area contributed by atoms with Crippen LogP contribution in [0.5, 0.6) is 0 Å². The van der Waals surface area contributed by atoms with Crippen LogP contribution in [0.2, 0.25) is 0 Å². The first-order valence-electron chi connectivity index (χ1n) is 5.99. The summed E-state index contributed by atoms with van der Waals surface area (Å²) in [6.45, 7) is 0. The zero-order chi connectivity index (χ0) is 11.6. The van der Waals surface area contributed by atoms with Crippen LogP contribution in [0.1, 0.15) is 37.7 Å². The molecule has 1 heterocycles. The molecule has 90 valence electrons. The van der Waals surface area contributed by atoms with Crippen molar-refractivity contribution in [3.63, 3.8) is 0 Å². The van der Waals surface area contributed by atoms with E-state index in [9.17, 15) is 4.39 Å². The Hall–Kier alpha value is -0.900. The lowest BCUT2D eigenvalue weighted by atomic mass is 9.80. The third kappa shape index (κ3) is 2.82. The van der Waals surface area contributed by atoms with Crippen LogP contribution in [0, 0.1) is 0 Å². The van der Waals surface area contributed by atoms with Gasteiger partial charge in [-0.15, -0.1) is 0 Å². The number of hydrogen-bond acceptors (Lipinski definition) is 2. The Morgan fingerprint density at radius 3 is 2.81 bits per heavy atom. The number of rotatable bonds is 3. The van der Waals surface area contributed by atoms with Crippen molar-refractivity contribution in [2.75, 3.05) is 0 Å². The summed E-state index contributed by atoms with van der Waals surface area (Å²) in [6, 6.07) is 0.210. The first-order valence-corrected chi connectivity index (χ1v) is 5.99. The molecule has 3 nitrogen and oxygen atoms in total. The van der Waals surface area contributed by atoms with Crippen molar-refractivity contribution in [2.24, 2.45) is 12.8 Å². The van der Waals surface area contributed by atoms with Gasteiger partial charge < -0.3 is 5.73 Å². The fourth-order valence-corrected chi connectivity index (χ4v) is 2.38. The van der Waals surface area contributed by atoms with Crippen LogP contribution < -0.4 is 5.73 Å². The Balaban J connectivity index is 1.85. The van der Waals surface area contributed by atoms with Crippen molar-refractivity contribution in [2.45, 2.75) is 50.2 Å². The minimum absolute atomic E-state index is 0.210. The van der Waals surface area contributed by atoms with E-state index in [1.54, 1.807) is 4.68 Å². The molecule has 0 unspecified atom stereocenters. The van der Waals surface area contributed by atoms with Crippen LogP contribution in [0.15, 0.2) is 12.4 Å². The molecule has 1 saturated carbocycles. The van der Waals surface area contributed by atoms with Gasteiger partial charge in [0.1, 0.15) is 5.67 Å². The number of aromatic nitrogens is 2. The molecule has 1 aliphatic rings. The standard InChI is InChI=1S/C12H20FN3/c1-16-9-10(8-15-16)2-5-12(13)6-3-11(14)4-7-12/h8-9,11H,2-7,14H2,1H3. The smallest absolute Gasteiger partial charge is 0.111 e. The molecule has 1 aromatic rings. The predicted octanol–water partition coefficient (Wildman–Crippen LogP) is 1.96. The van der Waals surface area contributed by atoms with Gasteiger partial charge in [0.2, 0.25) is 0 Å². The van der Waals surface area contributed by atoms with Crippen LogP contribution in [-0.2, 0) is 13.5 Å². The second-order valence-electron chi connectivity index (χ2n) is 5.01. The molecule has 2 rings (SSSR count). The average Bonchev–Trinajstić information content (AvgIpc) is 2.67. The summed E-state index contributed by atoms with van der Waals surface area (Å²) in [6.07, 6.45) is 8.04. The van der Waals surface area contributed by atoms with E-state index in [-0.39, 0.29) is 6.04 Å². The van der Waals surface area contributed by atoms with Gasteiger partial charge in [0, 0.05) is 19.3 Å². The van der Waals surface area contributed by atoms with Gasteiger partial charge in [0.15, 0.2) is 0 Å². The molecular formula is C12H20FN3. The van der Waals surface area contributed by atoms with Gasteiger partial charge in [-0.1, -0.05) is 0 Å². The van der Waals surface area contributed by atoms with Crippen LogP contribution >= 0.6 is 0 Å². The number of halogens is 1. The van der Waals surface area contributed by atoms with E-state index < -0.39 is 5.67 Å². The lowest BCUT2D eigenvalue weighted by Crippen LogP contribution is -2.35. The highest BCUT2D eigenvalue weighted by Gasteiger charge is 2.33. The second kappa shape index (κ2) is 4.53. The summed E-state index contributed by atoms with van der Waals surface area (Å²) >= 11 is 0. The second-order valence-corrected chi connectivity index (χ2v) is 5.01. The van der Waals surface area contributed by atoms with Crippen molar-refractivity contribution in [1.82, 2.24) is 9.78 Å². The quantitative estimate of drug-likeness (QED) is 0.854. The Kier molecular flexibility index (Phi) is 3.28. The fraction of sp³-hybridized carbons (Fsp3) is 0.750. The van der Waals surface area contributed by atoms with Crippen molar-refractivity contribution in [3.05, 3.63) is 18.0 Å². The van der Waals surface area contributed by atoms with Gasteiger partial charge in [-0.05, 0) is 44.1 Å². The van der Waals surface area contributed by atoms with Gasteiger partial charge in [-0.3, -0.25) is 4.68 Å². The predicted molar refractivity (Wildman–Crippen MR) is 61.8 cm³/mol. The highest BCUT2D eigenvalue weighted by Crippen LogP contribution is 2.35. The van der Waals surface area contributed by atoms with Crippen LogP contribution in [-0.4, -0.2) is 21.5 Å². The molecule has 1 aromatic heterocycles. The molecule has 2 N–H and O–H groups in total. The summed E-state index contributed by atoms with van der Waals surface area (Å²) in [4.78, 5) is 0. The van der Waals surface area contributed by atoms with E-state index in [0.717, 1.165) is 24.8 Å². The Labute approximate surface area is 95.8 Å². The number of aryl methyl sites for hydroxylation is 2. The number of hydrogen-bond donors (Lipinski definition) is 1. The normalized spacial score (nSPS) is 30.6. The van der Waals surface area contributed by atoms with Gasteiger partial charge in [0.25, 0.3) is 0 Å². The SMILES string of the molecule is Cn1cc(CCC2(F)CCC(N)CC2)cn1. The summed E-state index contributed by atoms with van der Waals surface area (Å²) < 4.78 is 16.1. The number of alkyl halides is 1. The molecule has 0 spiro atoms. The van der Waals surface area contributed by atoms with Gasteiger partial charge in [-0.2, -0.15) is 5.10 Å². The topological polar surface area (TPSA) is 43.8 Å². The Morgan fingerprint density at radius 1 is 1.56 bits per heavy atom. The molecule has 0 atom stereocenters. The van der Waals surface area contributed by atoms with Crippen LogP contribution in [0.4, 0.5) is 4.39 Å². The van der Waals surface area contributed by atoms with Crippen LogP contribution in [0.3, 0.4) is 0 Å². The molecule has 0 radical (unpaired) electrons. The lowest BCUT2D eigenvalue weighted by Gasteiger charge is -2.32. The molecule has 0 aliphatic heterocycles. The molecular weight excluding hydrogens is 205 g/mol. The van der Waals surface area contributed by atoms with E-state index in [0.29, 0.717) is 19.3 Å². The minimum atomic E-state index is -0.994. The first kappa shape index (κ1) is 11.6. The van der Waals surface area contributed by atoms with Crippen molar-refractivity contribution >= 4 is 0 Å². The van der Waals surface area contributed by atoms with E-state index in [1.165, 1.54) is 0 Å². The molecule has 0 aromatic carbocycles. The monoisotopic (exact) mass is 225 g/mol.